The summed E-state index contributed by atoms with van der Waals surface area (Å²) < 4.78 is 69.0. The number of amides is 2. The lowest BCUT2D eigenvalue weighted by molar-refractivity contribution is -0.139. The van der Waals surface area contributed by atoms with Gasteiger partial charge < -0.3 is 10.2 Å². The van der Waals surface area contributed by atoms with E-state index in [-0.39, 0.29) is 17.1 Å². The highest BCUT2D eigenvalue weighted by Crippen LogP contribution is 2.33. The lowest BCUT2D eigenvalue weighted by Crippen LogP contribution is -2.51. The molecule has 0 saturated carbocycles. The molecule has 226 valence electrons. The second-order valence-corrected chi connectivity index (χ2v) is 12.1. The van der Waals surface area contributed by atoms with E-state index in [0.717, 1.165) is 30.5 Å². The fraction of sp³-hybridized carbons (Fsp3) is 0.333. The van der Waals surface area contributed by atoms with Crippen molar-refractivity contribution in [1.29, 1.82) is 0 Å². The maximum absolute atomic E-state index is 13.9. The molecule has 0 aliphatic heterocycles. The van der Waals surface area contributed by atoms with Crippen LogP contribution < -0.4 is 9.62 Å². The van der Waals surface area contributed by atoms with Gasteiger partial charge in [0.2, 0.25) is 11.8 Å². The fourth-order valence-electron chi connectivity index (χ4n) is 4.11. The van der Waals surface area contributed by atoms with E-state index in [0.29, 0.717) is 27.5 Å². The van der Waals surface area contributed by atoms with E-state index in [4.69, 9.17) is 11.6 Å². The Bertz CT molecular complexity index is 1480. The number of aryl methyl sites for hydroxylation is 1. The third-order valence-corrected chi connectivity index (χ3v) is 8.65. The highest BCUT2D eigenvalue weighted by Gasteiger charge is 2.35. The Morgan fingerprint density at radius 1 is 1.00 bits per heavy atom. The average Bonchev–Trinajstić information content (AvgIpc) is 2.95. The maximum Gasteiger partial charge on any atom is 0.416 e. The van der Waals surface area contributed by atoms with Crippen LogP contribution in [-0.2, 0) is 32.3 Å². The summed E-state index contributed by atoms with van der Waals surface area (Å²) in [4.78, 5) is 27.9. The topological polar surface area (TPSA) is 86.8 Å². The minimum Gasteiger partial charge on any atom is -0.354 e. The molecule has 1 N–H and O–H groups in total. The molecule has 0 saturated heterocycles. The summed E-state index contributed by atoms with van der Waals surface area (Å²) in [6.07, 6.45) is -3.18. The first-order valence-corrected chi connectivity index (χ1v) is 15.1. The van der Waals surface area contributed by atoms with Gasteiger partial charge in [0.25, 0.3) is 10.0 Å². The molecular weight excluding hydrogens is 591 g/mol. The predicted molar refractivity (Wildman–Crippen MR) is 157 cm³/mol. The quantitative estimate of drug-likeness (QED) is 0.244. The Balaban J connectivity index is 2.06. The minimum atomic E-state index is -4.75. The first kappa shape index (κ1) is 32.9. The van der Waals surface area contributed by atoms with Gasteiger partial charge in [0, 0.05) is 18.1 Å². The standard InChI is InChI=1S/C30H33ClF3N3O4S/c1-4-5-17-35-29(39)22(3)36(19-23-11-13-25(31)14-12-23)28(38)20-37(26-8-6-7-24(18-26)30(32,33)34)42(40,41)27-15-9-21(2)10-16-27/h6-16,18,22H,4-5,17,19-20H2,1-3H3,(H,35,39)/t22-/m1/s1. The number of unbranched alkanes of at least 4 members (excludes halogenated alkanes) is 1. The van der Waals surface area contributed by atoms with Crippen LogP contribution >= 0.6 is 11.6 Å². The van der Waals surface area contributed by atoms with Crippen molar-refractivity contribution in [3.63, 3.8) is 0 Å². The van der Waals surface area contributed by atoms with Crippen molar-refractivity contribution >= 4 is 39.1 Å². The molecule has 0 aromatic heterocycles. The Morgan fingerprint density at radius 2 is 1.64 bits per heavy atom. The highest BCUT2D eigenvalue weighted by molar-refractivity contribution is 7.92. The van der Waals surface area contributed by atoms with Gasteiger partial charge in [0.05, 0.1) is 16.1 Å². The monoisotopic (exact) mass is 623 g/mol. The van der Waals surface area contributed by atoms with Gasteiger partial charge in [-0.2, -0.15) is 13.2 Å². The minimum absolute atomic E-state index is 0.0701. The van der Waals surface area contributed by atoms with E-state index in [1.807, 2.05) is 6.92 Å². The molecule has 3 aromatic carbocycles. The molecule has 0 radical (unpaired) electrons. The SMILES string of the molecule is CCCCNC(=O)[C@@H](C)N(Cc1ccc(Cl)cc1)C(=O)CN(c1cccc(C(F)(F)F)c1)S(=O)(=O)c1ccc(C)cc1. The van der Waals surface area contributed by atoms with Crippen molar-refractivity contribution in [3.8, 4) is 0 Å². The summed E-state index contributed by atoms with van der Waals surface area (Å²) in [5.41, 5.74) is -0.0239. The van der Waals surface area contributed by atoms with Gasteiger partial charge in [0.15, 0.2) is 0 Å². The number of alkyl halides is 3. The van der Waals surface area contributed by atoms with Gasteiger partial charge in [-0.25, -0.2) is 8.42 Å². The summed E-state index contributed by atoms with van der Waals surface area (Å²) in [6, 6.07) is 15.1. The number of halogens is 4. The number of sulfonamides is 1. The van der Waals surface area contributed by atoms with Gasteiger partial charge in [-0.05, 0) is 68.3 Å². The second-order valence-electron chi connectivity index (χ2n) is 9.84. The Kier molecular flexibility index (Phi) is 11.0. The number of rotatable bonds is 12. The molecule has 7 nitrogen and oxygen atoms in total. The van der Waals surface area contributed by atoms with E-state index < -0.39 is 46.2 Å². The van der Waals surface area contributed by atoms with Crippen molar-refractivity contribution in [2.45, 2.75) is 57.3 Å². The third-order valence-electron chi connectivity index (χ3n) is 6.61. The van der Waals surface area contributed by atoms with Gasteiger partial charge in [0.1, 0.15) is 12.6 Å². The number of carbonyl (C=O) groups excluding carboxylic acids is 2. The fourth-order valence-corrected chi connectivity index (χ4v) is 5.64. The van der Waals surface area contributed by atoms with Gasteiger partial charge in [-0.1, -0.05) is 60.8 Å². The number of hydrogen-bond acceptors (Lipinski definition) is 4. The summed E-state index contributed by atoms with van der Waals surface area (Å²) >= 11 is 6.00. The number of anilines is 1. The molecular formula is C30H33ClF3N3O4S. The second kappa shape index (κ2) is 14.1. The molecule has 2 amide bonds. The van der Waals surface area contributed by atoms with Crippen molar-refractivity contribution in [2.24, 2.45) is 0 Å². The zero-order chi connectivity index (χ0) is 31.1. The smallest absolute Gasteiger partial charge is 0.354 e. The van der Waals surface area contributed by atoms with Crippen LogP contribution in [0.25, 0.3) is 0 Å². The van der Waals surface area contributed by atoms with Gasteiger partial charge >= 0.3 is 6.18 Å². The first-order valence-electron chi connectivity index (χ1n) is 13.3. The van der Waals surface area contributed by atoms with Gasteiger partial charge in [-0.15, -0.1) is 0 Å². The van der Waals surface area contributed by atoms with E-state index >= 15 is 0 Å². The lowest BCUT2D eigenvalue weighted by atomic mass is 10.1. The maximum atomic E-state index is 13.9. The number of carbonyl (C=O) groups is 2. The van der Waals surface area contributed by atoms with Crippen LogP contribution in [0.2, 0.25) is 5.02 Å². The van der Waals surface area contributed by atoms with E-state index in [1.54, 1.807) is 43.3 Å². The molecule has 0 spiro atoms. The van der Waals surface area contributed by atoms with Crippen molar-refractivity contribution in [3.05, 3.63) is 94.5 Å². The van der Waals surface area contributed by atoms with Crippen LogP contribution in [0.1, 0.15) is 43.4 Å². The Hall–Kier alpha value is -3.57. The number of nitrogens with one attached hydrogen (secondary N) is 1. The molecule has 0 bridgehead atoms. The van der Waals surface area contributed by atoms with Crippen molar-refractivity contribution < 1.29 is 31.2 Å². The summed E-state index contributed by atoms with van der Waals surface area (Å²) in [6.45, 7) is 4.70. The molecule has 0 fully saturated rings. The lowest BCUT2D eigenvalue weighted by Gasteiger charge is -2.32. The molecule has 0 aliphatic rings. The molecule has 0 heterocycles. The molecule has 3 aromatic rings. The molecule has 12 heteroatoms. The normalized spacial score (nSPS) is 12.5. The molecule has 3 rings (SSSR count). The van der Waals surface area contributed by atoms with Crippen LogP contribution in [-0.4, -0.2) is 44.3 Å². The first-order chi connectivity index (χ1) is 19.7. The molecule has 0 unspecified atom stereocenters. The third kappa shape index (κ3) is 8.48. The molecule has 1 atom stereocenters. The number of nitrogens with zero attached hydrogens (tertiary/aromatic N) is 2. The largest absolute Gasteiger partial charge is 0.416 e. The number of hydrogen-bond donors (Lipinski definition) is 1. The van der Waals surface area contributed by atoms with Crippen LogP contribution in [0.5, 0.6) is 0 Å². The summed E-state index contributed by atoms with van der Waals surface area (Å²) in [5, 5.41) is 3.23. The van der Waals surface area contributed by atoms with Crippen molar-refractivity contribution in [1.82, 2.24) is 10.2 Å². The summed E-state index contributed by atoms with van der Waals surface area (Å²) in [7, 11) is -4.50. The van der Waals surface area contributed by atoms with E-state index in [2.05, 4.69) is 5.32 Å². The Labute approximate surface area is 249 Å². The number of benzene rings is 3. The predicted octanol–water partition coefficient (Wildman–Crippen LogP) is 6.20. The van der Waals surface area contributed by atoms with Crippen molar-refractivity contribution in [2.75, 3.05) is 17.4 Å². The van der Waals surface area contributed by atoms with E-state index in [9.17, 15) is 31.2 Å². The van der Waals surface area contributed by atoms with Crippen LogP contribution in [0.15, 0.2) is 77.7 Å². The zero-order valence-electron chi connectivity index (χ0n) is 23.5. The van der Waals surface area contributed by atoms with Gasteiger partial charge in [-0.3, -0.25) is 13.9 Å². The average molecular weight is 624 g/mol. The molecule has 42 heavy (non-hydrogen) atoms. The van der Waals surface area contributed by atoms with E-state index in [1.165, 1.54) is 30.0 Å². The molecule has 0 aliphatic carbocycles. The Morgan fingerprint density at radius 3 is 2.24 bits per heavy atom. The highest BCUT2D eigenvalue weighted by atomic mass is 35.5. The zero-order valence-corrected chi connectivity index (χ0v) is 25.1. The van der Waals surface area contributed by atoms with Crippen LogP contribution in [0, 0.1) is 6.92 Å². The van der Waals surface area contributed by atoms with Crippen LogP contribution in [0.3, 0.4) is 0 Å². The van der Waals surface area contributed by atoms with Crippen LogP contribution in [0.4, 0.5) is 18.9 Å². The summed E-state index contributed by atoms with van der Waals surface area (Å²) in [5.74, 6) is -1.23.